The van der Waals surface area contributed by atoms with Gasteiger partial charge in [0.25, 0.3) is 0 Å². The SMILES string of the molecule is [B]C([B])([B])N1CC(C(C)C)N(c2ccnc(N[C@@H](C)c3cn(-c4ccc(C(F)(F)F)cc4)cn3)n2)C1=O. The van der Waals surface area contributed by atoms with Gasteiger partial charge in [0.15, 0.2) is 0 Å². The number of urea groups is 1. The van der Waals surface area contributed by atoms with E-state index in [1.54, 1.807) is 16.8 Å². The highest BCUT2D eigenvalue weighted by Crippen LogP contribution is 2.31. The van der Waals surface area contributed by atoms with Crippen LogP contribution in [-0.4, -0.2) is 71.8 Å². The predicted molar refractivity (Wildman–Crippen MR) is 136 cm³/mol. The molecule has 1 aliphatic rings. The molecule has 0 bridgehead atoms. The van der Waals surface area contributed by atoms with Gasteiger partial charge in [-0.05, 0) is 43.2 Å². The third-order valence-corrected chi connectivity index (χ3v) is 6.15. The number of halogens is 3. The van der Waals surface area contributed by atoms with Crippen LogP contribution in [0.1, 0.15) is 38.1 Å². The number of imidazole rings is 1. The second-order valence-electron chi connectivity index (χ2n) is 9.32. The maximum atomic E-state index is 13.1. The number of amides is 2. The molecule has 1 fully saturated rings. The smallest absolute Gasteiger partial charge is 0.346 e. The summed E-state index contributed by atoms with van der Waals surface area (Å²) in [6.45, 7) is 6.01. The molecule has 14 heteroatoms. The summed E-state index contributed by atoms with van der Waals surface area (Å²) in [5.41, 5.74) is 0.416. The topological polar surface area (TPSA) is 79.2 Å². The van der Waals surface area contributed by atoms with Crippen molar-refractivity contribution in [3.05, 3.63) is 60.3 Å². The number of aromatic nitrogens is 4. The second kappa shape index (κ2) is 9.79. The number of hydrogen-bond donors (Lipinski definition) is 1. The zero-order valence-corrected chi connectivity index (χ0v) is 20.5. The first kappa shape index (κ1) is 26.6. The lowest BCUT2D eigenvalue weighted by atomic mass is 9.48. The molecule has 1 N–H and O–H groups in total. The van der Waals surface area contributed by atoms with Gasteiger partial charge in [0.2, 0.25) is 5.95 Å². The van der Waals surface area contributed by atoms with Crippen molar-refractivity contribution in [3.63, 3.8) is 0 Å². The molecule has 37 heavy (non-hydrogen) atoms. The highest BCUT2D eigenvalue weighted by atomic mass is 19.4. The first-order chi connectivity index (χ1) is 17.3. The van der Waals surface area contributed by atoms with Gasteiger partial charge in [-0.15, -0.1) is 0 Å². The van der Waals surface area contributed by atoms with E-state index in [1.165, 1.54) is 34.5 Å². The van der Waals surface area contributed by atoms with Crippen LogP contribution in [0, 0.1) is 5.92 Å². The Morgan fingerprint density at radius 2 is 1.73 bits per heavy atom. The molecule has 3 aromatic rings. The van der Waals surface area contributed by atoms with Crippen molar-refractivity contribution in [2.75, 3.05) is 16.8 Å². The normalized spacial score (nSPS) is 17.5. The highest BCUT2D eigenvalue weighted by molar-refractivity contribution is 6.59. The number of benzene rings is 1. The number of rotatable bonds is 7. The minimum absolute atomic E-state index is 0.0655. The Labute approximate surface area is 216 Å². The minimum atomic E-state index is -4.40. The van der Waals surface area contributed by atoms with Gasteiger partial charge in [0.05, 0.1) is 53.2 Å². The Bertz CT molecular complexity index is 1260. The van der Waals surface area contributed by atoms with Crippen molar-refractivity contribution >= 4 is 41.3 Å². The van der Waals surface area contributed by atoms with Crippen molar-refractivity contribution in [1.29, 1.82) is 0 Å². The Kier molecular flexibility index (Phi) is 7.05. The van der Waals surface area contributed by atoms with Crippen LogP contribution in [0.2, 0.25) is 0 Å². The molecule has 2 amide bonds. The van der Waals surface area contributed by atoms with Crippen molar-refractivity contribution in [3.8, 4) is 5.69 Å². The third kappa shape index (κ3) is 5.62. The van der Waals surface area contributed by atoms with Crippen LogP contribution >= 0.6 is 0 Å². The molecule has 8 nitrogen and oxygen atoms in total. The molecular formula is C23H23B3F3N7O. The van der Waals surface area contributed by atoms with Crippen molar-refractivity contribution in [1.82, 2.24) is 24.4 Å². The van der Waals surface area contributed by atoms with Crippen molar-refractivity contribution < 1.29 is 18.0 Å². The summed E-state index contributed by atoms with van der Waals surface area (Å²) in [4.78, 5) is 28.9. The molecule has 6 radical (unpaired) electrons. The Morgan fingerprint density at radius 1 is 1.05 bits per heavy atom. The van der Waals surface area contributed by atoms with E-state index in [2.05, 4.69) is 20.3 Å². The molecule has 1 aliphatic heterocycles. The summed E-state index contributed by atoms with van der Waals surface area (Å²) < 4.78 is 40.1. The van der Waals surface area contributed by atoms with Gasteiger partial charge in [-0.3, -0.25) is 4.90 Å². The number of anilines is 2. The maximum Gasteiger partial charge on any atom is 0.416 e. The van der Waals surface area contributed by atoms with Gasteiger partial charge in [-0.25, -0.2) is 14.8 Å². The number of nitrogens with zero attached hydrogens (tertiary/aromatic N) is 6. The Hall–Kier alpha value is -3.44. The van der Waals surface area contributed by atoms with E-state index in [0.717, 1.165) is 12.1 Å². The molecule has 0 aliphatic carbocycles. The number of alkyl halides is 3. The van der Waals surface area contributed by atoms with E-state index >= 15 is 0 Å². The van der Waals surface area contributed by atoms with Gasteiger partial charge in [0, 0.05) is 24.6 Å². The van der Waals surface area contributed by atoms with Gasteiger partial charge >= 0.3 is 12.2 Å². The molecule has 2 atom stereocenters. The zero-order chi connectivity index (χ0) is 27.1. The van der Waals surface area contributed by atoms with Crippen LogP contribution in [-0.2, 0) is 6.18 Å². The molecular weight excluding hydrogens is 480 g/mol. The van der Waals surface area contributed by atoms with E-state index < -0.39 is 23.0 Å². The van der Waals surface area contributed by atoms with Gasteiger partial charge < -0.3 is 14.8 Å². The number of carbonyl (C=O) groups is 1. The largest absolute Gasteiger partial charge is 0.416 e. The van der Waals surface area contributed by atoms with Crippen molar-refractivity contribution in [2.24, 2.45) is 5.92 Å². The zero-order valence-electron chi connectivity index (χ0n) is 20.5. The fourth-order valence-electron chi connectivity index (χ4n) is 4.07. The molecule has 2 aromatic heterocycles. The van der Waals surface area contributed by atoms with Crippen LogP contribution in [0.5, 0.6) is 0 Å². The standard InChI is InChI=1S/C23H23B3F3N7O/c1-13(2)18-11-35(23(24,25)26)21(37)36(18)19-8-9-30-20(33-19)32-14(3)17-10-34(12-31-17)16-6-4-15(5-7-16)22(27,28)29/h4-10,12-14,18H,11H2,1-3H3,(H,30,32,33)/t14-,18?/m0/s1. The minimum Gasteiger partial charge on any atom is -0.346 e. The summed E-state index contributed by atoms with van der Waals surface area (Å²) in [6.07, 6.45) is 0.327. The molecule has 4 rings (SSSR count). The Balaban J connectivity index is 1.51. The second-order valence-corrected chi connectivity index (χ2v) is 9.32. The number of carbonyl (C=O) groups excluding carboxylic acids is 1. The molecule has 1 saturated heterocycles. The fourth-order valence-corrected chi connectivity index (χ4v) is 4.07. The molecule has 1 unspecified atom stereocenters. The highest BCUT2D eigenvalue weighted by Gasteiger charge is 2.43. The Morgan fingerprint density at radius 3 is 2.32 bits per heavy atom. The van der Waals surface area contributed by atoms with E-state index in [0.29, 0.717) is 17.2 Å². The molecule has 186 valence electrons. The quantitative estimate of drug-likeness (QED) is 0.502. The van der Waals surface area contributed by atoms with Crippen LogP contribution in [0.3, 0.4) is 0 Å². The average Bonchev–Trinajstić information content (AvgIpc) is 3.44. The van der Waals surface area contributed by atoms with E-state index in [4.69, 9.17) is 23.5 Å². The fraction of sp³-hybridized carbons (Fsp3) is 0.391. The molecule has 3 heterocycles. The summed E-state index contributed by atoms with van der Waals surface area (Å²) in [5.74, 6) is 0.675. The molecule has 0 saturated carbocycles. The summed E-state index contributed by atoms with van der Waals surface area (Å²) in [6, 6.07) is 5.31. The lowest BCUT2D eigenvalue weighted by Gasteiger charge is -2.33. The van der Waals surface area contributed by atoms with Gasteiger partial charge in [0.1, 0.15) is 5.82 Å². The van der Waals surface area contributed by atoms with Crippen LogP contribution in [0.25, 0.3) is 5.69 Å². The number of nitrogens with one attached hydrogen (secondary N) is 1. The predicted octanol–water partition coefficient (Wildman–Crippen LogP) is 3.24. The van der Waals surface area contributed by atoms with Crippen LogP contribution in [0.15, 0.2) is 49.1 Å². The van der Waals surface area contributed by atoms with Gasteiger partial charge in [-0.2, -0.15) is 18.2 Å². The van der Waals surface area contributed by atoms with Crippen LogP contribution in [0.4, 0.5) is 29.7 Å². The maximum absolute atomic E-state index is 13.1. The van der Waals surface area contributed by atoms with E-state index in [-0.39, 0.29) is 30.5 Å². The first-order valence-corrected chi connectivity index (χ1v) is 11.5. The summed E-state index contributed by atoms with van der Waals surface area (Å²) in [5, 5.41) is 1.33. The first-order valence-electron chi connectivity index (χ1n) is 11.5. The summed E-state index contributed by atoms with van der Waals surface area (Å²) >= 11 is 0. The van der Waals surface area contributed by atoms with Gasteiger partial charge in [-0.1, -0.05) is 19.1 Å². The third-order valence-electron chi connectivity index (χ3n) is 6.15. The number of hydrogen-bond acceptors (Lipinski definition) is 5. The molecule has 1 aromatic carbocycles. The monoisotopic (exact) mass is 503 g/mol. The van der Waals surface area contributed by atoms with Crippen LogP contribution < -0.4 is 10.2 Å². The lowest BCUT2D eigenvalue weighted by Crippen LogP contribution is -2.52. The summed E-state index contributed by atoms with van der Waals surface area (Å²) in [7, 11) is 17.4. The van der Waals surface area contributed by atoms with Crippen molar-refractivity contribution in [2.45, 2.75) is 44.3 Å². The van der Waals surface area contributed by atoms with E-state index in [1.807, 2.05) is 20.8 Å². The average molecular weight is 503 g/mol. The molecule has 0 spiro atoms. The van der Waals surface area contributed by atoms with E-state index in [9.17, 15) is 18.0 Å². The lowest BCUT2D eigenvalue weighted by molar-refractivity contribution is -0.137.